The highest BCUT2D eigenvalue weighted by atomic mass is 32.2. The summed E-state index contributed by atoms with van der Waals surface area (Å²) < 4.78 is 27.2. The van der Waals surface area contributed by atoms with Crippen molar-refractivity contribution >= 4 is 27.5 Å². The lowest BCUT2D eigenvalue weighted by atomic mass is 9.87. The molecule has 0 aliphatic rings. The van der Waals surface area contributed by atoms with Crippen molar-refractivity contribution in [2.75, 3.05) is 23.7 Å². The molecule has 2 amide bonds. The predicted molar refractivity (Wildman–Crippen MR) is 171 cm³/mol. The smallest absolute Gasteiger partial charge is 0.244 e. The average Bonchev–Trinajstić information content (AvgIpc) is 2.91. The van der Waals surface area contributed by atoms with E-state index in [4.69, 9.17) is 0 Å². The molecule has 1 unspecified atom stereocenters. The summed E-state index contributed by atoms with van der Waals surface area (Å²) in [7, 11) is -3.82. The summed E-state index contributed by atoms with van der Waals surface area (Å²) in [6.45, 7) is 12.4. The molecular formula is C34H45N3O4S. The van der Waals surface area contributed by atoms with E-state index in [0.29, 0.717) is 18.7 Å². The van der Waals surface area contributed by atoms with Crippen LogP contribution in [0.4, 0.5) is 5.69 Å². The fraction of sp³-hybridized carbons (Fsp3) is 0.412. The summed E-state index contributed by atoms with van der Waals surface area (Å²) in [5.41, 5.74) is 4.14. The maximum absolute atomic E-state index is 14.2. The van der Waals surface area contributed by atoms with Crippen molar-refractivity contribution in [2.24, 2.45) is 5.92 Å². The first kappa shape index (κ1) is 32.9. The molecule has 0 heterocycles. The van der Waals surface area contributed by atoms with E-state index in [9.17, 15) is 18.0 Å². The van der Waals surface area contributed by atoms with Gasteiger partial charge in [0.15, 0.2) is 0 Å². The second kappa shape index (κ2) is 14.0. The van der Waals surface area contributed by atoms with Crippen molar-refractivity contribution in [3.8, 4) is 0 Å². The third-order valence-corrected chi connectivity index (χ3v) is 8.23. The summed E-state index contributed by atoms with van der Waals surface area (Å²) in [4.78, 5) is 29.4. The molecule has 1 atom stereocenters. The molecule has 42 heavy (non-hydrogen) atoms. The van der Waals surface area contributed by atoms with Crippen LogP contribution in [0.15, 0.2) is 78.9 Å². The molecule has 0 spiro atoms. The van der Waals surface area contributed by atoms with Crippen LogP contribution >= 0.6 is 0 Å². The maximum atomic E-state index is 14.2. The quantitative estimate of drug-likeness (QED) is 0.303. The first-order valence-corrected chi connectivity index (χ1v) is 16.2. The normalized spacial score (nSPS) is 12.6. The van der Waals surface area contributed by atoms with Crippen LogP contribution in [0.3, 0.4) is 0 Å². The van der Waals surface area contributed by atoms with Gasteiger partial charge in [-0.15, -0.1) is 0 Å². The highest BCUT2D eigenvalue weighted by Gasteiger charge is 2.33. The van der Waals surface area contributed by atoms with Crippen LogP contribution in [-0.2, 0) is 38.0 Å². The summed E-state index contributed by atoms with van der Waals surface area (Å²) in [5, 5.41) is 3.01. The van der Waals surface area contributed by atoms with Crippen LogP contribution < -0.4 is 9.62 Å². The van der Waals surface area contributed by atoms with E-state index in [1.54, 1.807) is 12.1 Å². The van der Waals surface area contributed by atoms with Crippen molar-refractivity contribution in [3.63, 3.8) is 0 Å². The van der Waals surface area contributed by atoms with E-state index in [0.717, 1.165) is 32.8 Å². The monoisotopic (exact) mass is 591 g/mol. The third-order valence-electron chi connectivity index (χ3n) is 7.09. The van der Waals surface area contributed by atoms with Crippen LogP contribution in [0.2, 0.25) is 0 Å². The first-order chi connectivity index (χ1) is 19.6. The number of rotatable bonds is 12. The van der Waals surface area contributed by atoms with Gasteiger partial charge in [-0.3, -0.25) is 13.9 Å². The molecule has 1 N–H and O–H groups in total. The lowest BCUT2D eigenvalue weighted by Gasteiger charge is -2.34. The lowest BCUT2D eigenvalue weighted by molar-refractivity contribution is -0.140. The molecule has 0 aliphatic carbocycles. The van der Waals surface area contributed by atoms with Crippen molar-refractivity contribution in [3.05, 3.63) is 101 Å². The molecule has 0 saturated carbocycles. The predicted octanol–water partition coefficient (Wildman–Crippen LogP) is 5.47. The topological polar surface area (TPSA) is 86.8 Å². The van der Waals surface area contributed by atoms with Gasteiger partial charge in [-0.2, -0.15) is 0 Å². The fourth-order valence-corrected chi connectivity index (χ4v) is 5.57. The summed E-state index contributed by atoms with van der Waals surface area (Å²) in [6.07, 6.45) is 1.39. The number of carbonyl (C=O) groups excluding carboxylic acids is 2. The zero-order valence-corrected chi connectivity index (χ0v) is 26.7. The Bertz CT molecular complexity index is 1450. The number of hydrogen-bond acceptors (Lipinski definition) is 4. The Hall–Kier alpha value is -3.65. The van der Waals surface area contributed by atoms with Gasteiger partial charge in [0.1, 0.15) is 12.6 Å². The standard InChI is InChI=1S/C34H45N3O4S/c1-25(2)22-35-33(39)31(21-27-13-9-8-10-14-27)36(23-28-15-11-12-26(3)20-28)32(38)24-37(42(7,40)41)30-18-16-29(17-19-30)34(4,5)6/h8-20,25,31H,21-24H2,1-7H3,(H,35,39). The number of aryl methyl sites for hydroxylation is 1. The van der Waals surface area contributed by atoms with Gasteiger partial charge in [-0.05, 0) is 47.1 Å². The molecule has 8 heteroatoms. The highest BCUT2D eigenvalue weighted by Crippen LogP contribution is 2.26. The number of nitrogens with one attached hydrogen (secondary N) is 1. The largest absolute Gasteiger partial charge is 0.354 e. The van der Waals surface area contributed by atoms with E-state index in [1.807, 2.05) is 87.5 Å². The van der Waals surface area contributed by atoms with E-state index < -0.39 is 28.5 Å². The molecular weight excluding hydrogens is 546 g/mol. The molecule has 0 aromatic heterocycles. The number of hydrogen-bond donors (Lipinski definition) is 1. The molecule has 0 aliphatic heterocycles. The fourth-order valence-electron chi connectivity index (χ4n) is 4.73. The second-order valence-electron chi connectivity index (χ2n) is 12.4. The molecule has 0 saturated heterocycles. The second-order valence-corrected chi connectivity index (χ2v) is 14.3. The molecule has 3 aromatic rings. The molecule has 3 aromatic carbocycles. The van der Waals surface area contributed by atoms with Gasteiger partial charge in [-0.1, -0.05) is 107 Å². The zero-order chi connectivity index (χ0) is 31.1. The van der Waals surface area contributed by atoms with Gasteiger partial charge in [-0.25, -0.2) is 8.42 Å². The molecule has 0 bridgehead atoms. The van der Waals surface area contributed by atoms with Crippen molar-refractivity contribution in [2.45, 2.75) is 66.0 Å². The van der Waals surface area contributed by atoms with Gasteiger partial charge in [0.2, 0.25) is 21.8 Å². The minimum absolute atomic E-state index is 0.108. The van der Waals surface area contributed by atoms with Crippen LogP contribution in [0.5, 0.6) is 0 Å². The minimum atomic E-state index is -3.82. The third kappa shape index (κ3) is 9.44. The first-order valence-electron chi connectivity index (χ1n) is 14.4. The van der Waals surface area contributed by atoms with Gasteiger partial charge in [0.05, 0.1) is 11.9 Å². The van der Waals surface area contributed by atoms with Gasteiger partial charge >= 0.3 is 0 Å². The van der Waals surface area contributed by atoms with Crippen LogP contribution in [-0.4, -0.2) is 50.5 Å². The zero-order valence-electron chi connectivity index (χ0n) is 25.9. The van der Waals surface area contributed by atoms with E-state index in [2.05, 4.69) is 26.1 Å². The van der Waals surface area contributed by atoms with Crippen LogP contribution in [0.1, 0.15) is 56.9 Å². The summed E-state index contributed by atoms with van der Waals surface area (Å²) >= 11 is 0. The Balaban J connectivity index is 2.04. The number of sulfonamides is 1. The van der Waals surface area contributed by atoms with Crippen LogP contribution in [0.25, 0.3) is 0 Å². The molecule has 0 fully saturated rings. The van der Waals surface area contributed by atoms with Gasteiger partial charge < -0.3 is 10.2 Å². The Kier molecular flexibility index (Phi) is 11.0. The van der Waals surface area contributed by atoms with Crippen LogP contribution in [0, 0.1) is 12.8 Å². The SMILES string of the molecule is Cc1cccc(CN(C(=O)CN(c2ccc(C(C)(C)C)cc2)S(C)(=O)=O)C(Cc2ccccc2)C(=O)NCC(C)C)c1. The summed E-state index contributed by atoms with van der Waals surface area (Å²) in [6, 6.07) is 23.7. The van der Waals surface area contributed by atoms with Crippen molar-refractivity contribution in [1.82, 2.24) is 10.2 Å². The van der Waals surface area contributed by atoms with Crippen molar-refractivity contribution in [1.29, 1.82) is 0 Å². The number of carbonyl (C=O) groups is 2. The maximum Gasteiger partial charge on any atom is 0.244 e. The number of amides is 2. The Morgan fingerprint density at radius 2 is 1.50 bits per heavy atom. The molecule has 3 rings (SSSR count). The Labute approximate surface area is 252 Å². The average molecular weight is 592 g/mol. The number of anilines is 1. The minimum Gasteiger partial charge on any atom is -0.354 e. The Morgan fingerprint density at radius 1 is 0.881 bits per heavy atom. The van der Waals surface area contributed by atoms with E-state index in [1.165, 1.54) is 4.90 Å². The molecule has 0 radical (unpaired) electrons. The van der Waals surface area contributed by atoms with E-state index in [-0.39, 0.29) is 23.8 Å². The highest BCUT2D eigenvalue weighted by molar-refractivity contribution is 7.92. The molecule has 226 valence electrons. The summed E-state index contributed by atoms with van der Waals surface area (Å²) in [5.74, 6) is -0.500. The Morgan fingerprint density at radius 3 is 2.05 bits per heavy atom. The van der Waals surface area contributed by atoms with Gasteiger partial charge in [0, 0.05) is 19.5 Å². The lowest BCUT2D eigenvalue weighted by Crippen LogP contribution is -2.53. The number of nitrogens with zero attached hydrogens (tertiary/aromatic N) is 2. The van der Waals surface area contributed by atoms with E-state index >= 15 is 0 Å². The van der Waals surface area contributed by atoms with Crippen molar-refractivity contribution < 1.29 is 18.0 Å². The van der Waals surface area contributed by atoms with Gasteiger partial charge in [0.25, 0.3) is 0 Å². The number of benzene rings is 3. The molecule has 7 nitrogen and oxygen atoms in total.